The molecule has 4 nitrogen and oxygen atoms in total. The van der Waals surface area contributed by atoms with Gasteiger partial charge in [-0.25, -0.2) is 8.42 Å². The lowest BCUT2D eigenvalue weighted by Gasteiger charge is -2.27. The molecule has 2 heterocycles. The molecule has 0 radical (unpaired) electrons. The van der Waals surface area contributed by atoms with E-state index in [9.17, 15) is 8.42 Å². The molecule has 1 aromatic rings. The zero-order chi connectivity index (χ0) is 11.2. The van der Waals surface area contributed by atoms with Gasteiger partial charge in [0.2, 0.25) is 0 Å². The van der Waals surface area contributed by atoms with Gasteiger partial charge in [-0.3, -0.25) is 0 Å². The van der Waals surface area contributed by atoms with Crippen LogP contribution in [0.4, 0.5) is 5.69 Å². The zero-order valence-electron chi connectivity index (χ0n) is 8.77. The number of fused-ring (bicyclic) bond motifs is 1. The van der Waals surface area contributed by atoms with E-state index in [4.69, 9.17) is 4.74 Å². The van der Waals surface area contributed by atoms with Gasteiger partial charge < -0.3 is 10.1 Å². The maximum atomic E-state index is 11.0. The van der Waals surface area contributed by atoms with E-state index in [0.29, 0.717) is 0 Å². The Morgan fingerprint density at radius 3 is 2.88 bits per heavy atom. The van der Waals surface area contributed by atoms with E-state index >= 15 is 0 Å². The first-order valence-electron chi connectivity index (χ1n) is 5.37. The minimum atomic E-state index is -2.81. The highest BCUT2D eigenvalue weighted by Gasteiger charge is 2.35. The van der Waals surface area contributed by atoms with Gasteiger partial charge in [0.1, 0.15) is 11.9 Å². The summed E-state index contributed by atoms with van der Waals surface area (Å²) in [5.41, 5.74) is 2.28. The van der Waals surface area contributed by atoms with Gasteiger partial charge in [0.25, 0.3) is 0 Å². The van der Waals surface area contributed by atoms with Crippen LogP contribution in [0.25, 0.3) is 0 Å². The first-order chi connectivity index (χ1) is 7.64. The summed E-state index contributed by atoms with van der Waals surface area (Å²) in [5.74, 6) is 1.15. The second-order valence-corrected chi connectivity index (χ2v) is 6.43. The van der Waals surface area contributed by atoms with Crippen LogP contribution >= 0.6 is 0 Å². The molecule has 86 valence electrons. The number of ether oxygens (including phenoxy) is 1. The number of anilines is 1. The van der Waals surface area contributed by atoms with E-state index in [0.717, 1.165) is 24.4 Å². The van der Waals surface area contributed by atoms with E-state index in [1.165, 1.54) is 5.56 Å². The fourth-order valence-corrected chi connectivity index (χ4v) is 3.36. The Hall–Kier alpha value is -1.23. The Kier molecular flexibility index (Phi) is 2.10. The van der Waals surface area contributed by atoms with Crippen LogP contribution < -0.4 is 10.1 Å². The van der Waals surface area contributed by atoms with E-state index in [1.807, 2.05) is 18.2 Å². The predicted octanol–water partition coefficient (Wildman–Crippen LogP) is 0.830. The van der Waals surface area contributed by atoms with Crippen molar-refractivity contribution in [2.24, 2.45) is 0 Å². The summed E-state index contributed by atoms with van der Waals surface area (Å²) in [6, 6.07) is 5.86. The average Bonchev–Trinajstić information content (AvgIpc) is 2.63. The van der Waals surface area contributed by atoms with Gasteiger partial charge in [-0.2, -0.15) is 0 Å². The molecule has 1 fully saturated rings. The molecule has 0 atom stereocenters. The second-order valence-electron chi connectivity index (χ2n) is 4.28. The first kappa shape index (κ1) is 9.96. The molecule has 0 saturated carbocycles. The van der Waals surface area contributed by atoms with Crippen molar-refractivity contribution in [2.45, 2.75) is 12.5 Å². The van der Waals surface area contributed by atoms with Crippen molar-refractivity contribution in [3.05, 3.63) is 23.8 Å². The van der Waals surface area contributed by atoms with E-state index < -0.39 is 9.84 Å². The van der Waals surface area contributed by atoms with Gasteiger partial charge >= 0.3 is 0 Å². The summed E-state index contributed by atoms with van der Waals surface area (Å²) in [6.07, 6.45) is 0.794. The van der Waals surface area contributed by atoms with Gasteiger partial charge in [0.05, 0.1) is 11.5 Å². The number of rotatable bonds is 2. The molecule has 0 spiro atoms. The molecule has 1 saturated heterocycles. The van der Waals surface area contributed by atoms with Crippen molar-refractivity contribution >= 4 is 15.5 Å². The van der Waals surface area contributed by atoms with Gasteiger partial charge in [-0.1, -0.05) is 6.07 Å². The molecule has 5 heteroatoms. The standard InChI is InChI=1S/C11H13NO3S/c13-16(14)6-8(7-16)15-11-3-1-2-10-9(11)4-5-12-10/h1-3,8,12H,4-7H2. The van der Waals surface area contributed by atoms with E-state index in [2.05, 4.69) is 5.32 Å². The van der Waals surface area contributed by atoms with Crippen LogP contribution in [0.5, 0.6) is 5.75 Å². The van der Waals surface area contributed by atoms with Crippen LogP contribution in [-0.2, 0) is 16.3 Å². The highest BCUT2D eigenvalue weighted by atomic mass is 32.2. The number of hydrogen-bond donors (Lipinski definition) is 1. The predicted molar refractivity (Wildman–Crippen MR) is 61.7 cm³/mol. The summed E-state index contributed by atoms with van der Waals surface area (Å²) in [5, 5.41) is 3.27. The van der Waals surface area contributed by atoms with Crippen molar-refractivity contribution < 1.29 is 13.2 Å². The zero-order valence-corrected chi connectivity index (χ0v) is 9.59. The van der Waals surface area contributed by atoms with Crippen molar-refractivity contribution in [2.75, 3.05) is 23.4 Å². The van der Waals surface area contributed by atoms with Crippen LogP contribution in [0.3, 0.4) is 0 Å². The Balaban J connectivity index is 1.79. The van der Waals surface area contributed by atoms with Crippen molar-refractivity contribution in [1.29, 1.82) is 0 Å². The summed E-state index contributed by atoms with van der Waals surface area (Å²) >= 11 is 0. The lowest BCUT2D eigenvalue weighted by atomic mass is 10.1. The Morgan fingerprint density at radius 2 is 2.12 bits per heavy atom. The van der Waals surface area contributed by atoms with Gasteiger partial charge in [-0.15, -0.1) is 0 Å². The minimum absolute atomic E-state index is 0.155. The molecule has 2 aliphatic heterocycles. The van der Waals surface area contributed by atoms with E-state index in [-0.39, 0.29) is 17.6 Å². The molecule has 3 rings (SSSR count). The van der Waals surface area contributed by atoms with Gasteiger partial charge in [0.15, 0.2) is 9.84 Å². The second kappa shape index (κ2) is 3.38. The average molecular weight is 239 g/mol. The summed E-state index contributed by atoms with van der Waals surface area (Å²) in [4.78, 5) is 0. The van der Waals surface area contributed by atoms with Crippen molar-refractivity contribution in [1.82, 2.24) is 0 Å². The highest BCUT2D eigenvalue weighted by molar-refractivity contribution is 7.92. The molecular formula is C11H13NO3S. The largest absolute Gasteiger partial charge is 0.488 e. The number of sulfone groups is 1. The summed E-state index contributed by atoms with van der Waals surface area (Å²) in [7, 11) is -2.81. The maximum absolute atomic E-state index is 11.0. The lowest BCUT2D eigenvalue weighted by Crippen LogP contribution is -2.45. The maximum Gasteiger partial charge on any atom is 0.157 e. The Morgan fingerprint density at radius 1 is 1.31 bits per heavy atom. The van der Waals surface area contributed by atoms with Crippen LogP contribution in [0.15, 0.2) is 18.2 Å². The van der Waals surface area contributed by atoms with Crippen LogP contribution in [-0.4, -0.2) is 32.6 Å². The van der Waals surface area contributed by atoms with Crippen LogP contribution in [0, 0.1) is 0 Å². The van der Waals surface area contributed by atoms with Crippen LogP contribution in [0.2, 0.25) is 0 Å². The van der Waals surface area contributed by atoms with Gasteiger partial charge in [0, 0.05) is 17.8 Å². The first-order valence-corrected chi connectivity index (χ1v) is 7.19. The molecule has 0 aromatic heterocycles. The molecule has 0 unspecified atom stereocenters. The Bertz CT molecular complexity index is 512. The third-order valence-corrected chi connectivity index (χ3v) is 4.76. The number of hydrogen-bond acceptors (Lipinski definition) is 4. The molecule has 0 bridgehead atoms. The third-order valence-electron chi connectivity index (χ3n) is 3.00. The fraction of sp³-hybridized carbons (Fsp3) is 0.455. The molecule has 2 aliphatic rings. The minimum Gasteiger partial charge on any atom is -0.488 e. The van der Waals surface area contributed by atoms with Crippen molar-refractivity contribution in [3.8, 4) is 5.75 Å². The highest BCUT2D eigenvalue weighted by Crippen LogP contribution is 2.32. The molecular weight excluding hydrogens is 226 g/mol. The number of benzene rings is 1. The van der Waals surface area contributed by atoms with Crippen molar-refractivity contribution in [3.63, 3.8) is 0 Å². The smallest absolute Gasteiger partial charge is 0.157 e. The van der Waals surface area contributed by atoms with E-state index in [1.54, 1.807) is 0 Å². The third kappa shape index (κ3) is 1.65. The monoisotopic (exact) mass is 239 g/mol. The molecule has 0 aliphatic carbocycles. The molecule has 16 heavy (non-hydrogen) atoms. The van der Waals surface area contributed by atoms with Gasteiger partial charge in [-0.05, 0) is 18.6 Å². The fourth-order valence-electron chi connectivity index (χ4n) is 2.19. The normalized spacial score (nSPS) is 22.0. The quantitative estimate of drug-likeness (QED) is 0.830. The molecule has 1 aromatic carbocycles. The number of nitrogens with one attached hydrogen (secondary N) is 1. The van der Waals surface area contributed by atoms with Crippen LogP contribution in [0.1, 0.15) is 5.56 Å². The molecule has 1 N–H and O–H groups in total. The SMILES string of the molecule is O=S1(=O)CC(Oc2cccc3c2CCN3)C1. The Labute approximate surface area is 94.5 Å². The summed E-state index contributed by atoms with van der Waals surface area (Å²) in [6.45, 7) is 0.929. The topological polar surface area (TPSA) is 55.4 Å². The molecule has 0 amide bonds. The lowest BCUT2D eigenvalue weighted by molar-refractivity contribution is 0.228. The summed E-state index contributed by atoms with van der Waals surface area (Å²) < 4.78 is 27.8.